The topological polar surface area (TPSA) is 57.5 Å². The van der Waals surface area contributed by atoms with E-state index in [1.807, 2.05) is 0 Å². The summed E-state index contributed by atoms with van der Waals surface area (Å²) in [6.45, 7) is 15.3. The summed E-state index contributed by atoms with van der Waals surface area (Å²) in [6.07, 6.45) is 10.7. The molecular formula is C27H46O3. The summed E-state index contributed by atoms with van der Waals surface area (Å²) in [5.74, 6) is 2.55. The van der Waals surface area contributed by atoms with Crippen LogP contribution in [0, 0.1) is 51.2 Å². The van der Waals surface area contributed by atoms with Gasteiger partial charge in [0.2, 0.25) is 0 Å². The molecule has 4 aliphatic carbocycles. The molecule has 3 nitrogen and oxygen atoms in total. The van der Waals surface area contributed by atoms with Gasteiger partial charge in [0.15, 0.2) is 0 Å². The maximum Gasteiger partial charge on any atom is 0.303 e. The average molecular weight is 419 g/mol. The van der Waals surface area contributed by atoms with Gasteiger partial charge in [0.1, 0.15) is 0 Å². The summed E-state index contributed by atoms with van der Waals surface area (Å²) < 4.78 is 0. The summed E-state index contributed by atoms with van der Waals surface area (Å²) in [6, 6.07) is 0. The largest absolute Gasteiger partial charge is 0.481 e. The molecule has 4 saturated carbocycles. The lowest BCUT2D eigenvalue weighted by Gasteiger charge is -2.72. The molecule has 4 aliphatic rings. The second-order valence-corrected chi connectivity index (χ2v) is 13.0. The minimum atomic E-state index is -0.650. The highest BCUT2D eigenvalue weighted by molar-refractivity contribution is 5.66. The Hall–Kier alpha value is -0.570. The number of fused-ring (bicyclic) bond motifs is 5. The number of carbonyl (C=O) groups is 1. The third kappa shape index (κ3) is 2.82. The Morgan fingerprint density at radius 1 is 1.00 bits per heavy atom. The van der Waals surface area contributed by atoms with Gasteiger partial charge in [-0.1, -0.05) is 41.5 Å². The van der Waals surface area contributed by atoms with Gasteiger partial charge in [0, 0.05) is 6.42 Å². The van der Waals surface area contributed by atoms with Crippen LogP contribution < -0.4 is 0 Å². The molecule has 0 aromatic carbocycles. The molecule has 3 heteroatoms. The fourth-order valence-electron chi connectivity index (χ4n) is 10.2. The van der Waals surface area contributed by atoms with Crippen molar-refractivity contribution in [1.29, 1.82) is 0 Å². The summed E-state index contributed by atoms with van der Waals surface area (Å²) >= 11 is 0. The van der Waals surface area contributed by atoms with Gasteiger partial charge in [-0.05, 0) is 109 Å². The molecule has 2 N–H and O–H groups in total. The molecule has 4 fully saturated rings. The highest BCUT2D eigenvalue weighted by Gasteiger charge is 2.71. The van der Waals surface area contributed by atoms with E-state index in [-0.39, 0.29) is 6.10 Å². The van der Waals surface area contributed by atoms with E-state index in [1.54, 1.807) is 0 Å². The standard InChI is InChI=1S/C27H46O3/c1-17(7-10-23(29)30)21-12-14-25(4)22-9-8-19-15-20(28)11-13-24(19,3)26(22,5)16-18(2)27(21,25)6/h17-22,28H,7-16H2,1-6H3,(H,29,30)/t17?,18-,19?,20+,21?,22?,24-,25-,26-,27+/m0/s1. The van der Waals surface area contributed by atoms with Crippen molar-refractivity contribution in [2.75, 3.05) is 0 Å². The van der Waals surface area contributed by atoms with E-state index < -0.39 is 5.97 Å². The Balaban J connectivity index is 1.68. The fraction of sp³-hybridized carbons (Fsp3) is 0.963. The van der Waals surface area contributed by atoms with Crippen LogP contribution in [-0.4, -0.2) is 22.3 Å². The van der Waals surface area contributed by atoms with Gasteiger partial charge in [-0.25, -0.2) is 0 Å². The van der Waals surface area contributed by atoms with Crippen molar-refractivity contribution in [2.24, 2.45) is 51.2 Å². The van der Waals surface area contributed by atoms with Crippen LogP contribution in [0.3, 0.4) is 0 Å². The Labute approximate surface area is 184 Å². The van der Waals surface area contributed by atoms with E-state index >= 15 is 0 Å². The molecule has 0 radical (unpaired) electrons. The molecule has 0 saturated heterocycles. The van der Waals surface area contributed by atoms with Gasteiger partial charge in [-0.3, -0.25) is 4.79 Å². The number of rotatable bonds is 4. The van der Waals surface area contributed by atoms with Crippen LogP contribution in [-0.2, 0) is 4.79 Å². The minimum Gasteiger partial charge on any atom is -0.481 e. The molecule has 0 aliphatic heterocycles. The van der Waals surface area contributed by atoms with Crippen molar-refractivity contribution in [3.8, 4) is 0 Å². The average Bonchev–Trinajstić information content (AvgIpc) is 2.95. The monoisotopic (exact) mass is 418 g/mol. The molecule has 0 aromatic heterocycles. The molecule has 0 amide bonds. The van der Waals surface area contributed by atoms with E-state index in [9.17, 15) is 15.0 Å². The van der Waals surface area contributed by atoms with Gasteiger partial charge in [0.25, 0.3) is 0 Å². The predicted octanol–water partition coefficient (Wildman–Crippen LogP) is 6.53. The lowest BCUT2D eigenvalue weighted by Crippen LogP contribution is -2.65. The van der Waals surface area contributed by atoms with Crippen molar-refractivity contribution < 1.29 is 15.0 Å². The molecule has 0 bridgehead atoms. The normalized spacial score (nSPS) is 54.0. The zero-order chi connectivity index (χ0) is 22.1. The van der Waals surface area contributed by atoms with E-state index in [0.717, 1.165) is 25.2 Å². The van der Waals surface area contributed by atoms with Crippen LogP contribution in [0.15, 0.2) is 0 Å². The number of carboxylic acids is 1. The molecule has 4 rings (SSSR count). The Kier molecular flexibility index (Phi) is 5.44. The van der Waals surface area contributed by atoms with E-state index in [1.165, 1.54) is 38.5 Å². The number of aliphatic hydroxyl groups is 1. The molecule has 172 valence electrons. The first kappa shape index (κ1) is 22.6. The molecule has 4 unspecified atom stereocenters. The number of carboxylic acid groups (broad SMARTS) is 1. The Morgan fingerprint density at radius 3 is 2.33 bits per heavy atom. The SMILES string of the molecule is CC(CCC(=O)O)C1CC[C@@]2(C)C3CCC4C[C@H](O)CC[C@]4(C)[C@@]3(C)C[C@H](C)[C@]12C. The Morgan fingerprint density at radius 2 is 1.67 bits per heavy atom. The van der Waals surface area contributed by atoms with Gasteiger partial charge in [0.05, 0.1) is 6.10 Å². The summed E-state index contributed by atoms with van der Waals surface area (Å²) in [5.41, 5.74) is 1.34. The molecular weight excluding hydrogens is 372 g/mol. The first-order valence-electron chi connectivity index (χ1n) is 12.8. The van der Waals surface area contributed by atoms with E-state index in [4.69, 9.17) is 0 Å². The van der Waals surface area contributed by atoms with Crippen LogP contribution in [0.1, 0.15) is 106 Å². The van der Waals surface area contributed by atoms with Crippen LogP contribution in [0.5, 0.6) is 0 Å². The quantitative estimate of drug-likeness (QED) is 0.545. The van der Waals surface area contributed by atoms with Crippen molar-refractivity contribution in [2.45, 2.75) is 112 Å². The van der Waals surface area contributed by atoms with Gasteiger partial charge >= 0.3 is 5.97 Å². The van der Waals surface area contributed by atoms with Crippen molar-refractivity contribution in [3.63, 3.8) is 0 Å². The van der Waals surface area contributed by atoms with Crippen LogP contribution in [0.25, 0.3) is 0 Å². The maximum atomic E-state index is 11.2. The number of aliphatic hydroxyl groups excluding tert-OH is 1. The number of hydrogen-bond donors (Lipinski definition) is 2. The Bertz CT molecular complexity index is 690. The lowest BCUT2D eigenvalue weighted by atomic mass is 9.33. The highest BCUT2D eigenvalue weighted by Crippen LogP contribution is 2.78. The minimum absolute atomic E-state index is 0.0870. The first-order chi connectivity index (χ1) is 13.9. The van der Waals surface area contributed by atoms with Gasteiger partial charge < -0.3 is 10.2 Å². The number of aliphatic carboxylic acids is 1. The second kappa shape index (κ2) is 7.22. The van der Waals surface area contributed by atoms with Crippen molar-refractivity contribution in [1.82, 2.24) is 0 Å². The van der Waals surface area contributed by atoms with E-state index in [0.29, 0.717) is 51.8 Å². The summed E-state index contributed by atoms with van der Waals surface area (Å²) in [5, 5.41) is 19.6. The lowest BCUT2D eigenvalue weighted by molar-refractivity contribution is -0.236. The molecule has 0 heterocycles. The molecule has 0 aromatic rings. The maximum absolute atomic E-state index is 11.2. The van der Waals surface area contributed by atoms with Crippen molar-refractivity contribution in [3.05, 3.63) is 0 Å². The third-order valence-electron chi connectivity index (χ3n) is 12.3. The summed E-state index contributed by atoms with van der Waals surface area (Å²) in [4.78, 5) is 11.2. The predicted molar refractivity (Wildman–Crippen MR) is 121 cm³/mol. The molecule has 0 spiro atoms. The van der Waals surface area contributed by atoms with Crippen molar-refractivity contribution >= 4 is 5.97 Å². The first-order valence-corrected chi connectivity index (χ1v) is 12.8. The molecule has 30 heavy (non-hydrogen) atoms. The van der Waals surface area contributed by atoms with Crippen LogP contribution in [0.2, 0.25) is 0 Å². The smallest absolute Gasteiger partial charge is 0.303 e. The zero-order valence-electron chi connectivity index (χ0n) is 20.3. The van der Waals surface area contributed by atoms with Gasteiger partial charge in [-0.15, -0.1) is 0 Å². The van der Waals surface area contributed by atoms with Crippen LogP contribution >= 0.6 is 0 Å². The molecule has 10 atom stereocenters. The van der Waals surface area contributed by atoms with E-state index in [2.05, 4.69) is 41.5 Å². The second-order valence-electron chi connectivity index (χ2n) is 13.0. The third-order valence-corrected chi connectivity index (χ3v) is 12.3. The highest BCUT2D eigenvalue weighted by atomic mass is 16.4. The fourth-order valence-corrected chi connectivity index (χ4v) is 10.2. The summed E-state index contributed by atoms with van der Waals surface area (Å²) in [7, 11) is 0. The number of hydrogen-bond acceptors (Lipinski definition) is 2. The zero-order valence-corrected chi connectivity index (χ0v) is 20.3. The van der Waals surface area contributed by atoms with Crippen LogP contribution in [0.4, 0.5) is 0 Å². The van der Waals surface area contributed by atoms with Gasteiger partial charge in [-0.2, -0.15) is 0 Å².